The van der Waals surface area contributed by atoms with Crippen LogP contribution in [0.3, 0.4) is 0 Å². The van der Waals surface area contributed by atoms with E-state index in [1.807, 2.05) is 26.0 Å². The van der Waals surface area contributed by atoms with Crippen molar-refractivity contribution in [1.29, 1.82) is 0 Å². The number of sulfone groups is 1. The zero-order valence-corrected chi connectivity index (χ0v) is 18.4. The Morgan fingerprint density at radius 2 is 1.97 bits per heavy atom. The van der Waals surface area contributed by atoms with Crippen molar-refractivity contribution >= 4 is 44.8 Å². The summed E-state index contributed by atoms with van der Waals surface area (Å²) >= 11 is 1.39. The molecule has 2 atom stereocenters. The summed E-state index contributed by atoms with van der Waals surface area (Å²) in [6.07, 6.45) is -0.162. The van der Waals surface area contributed by atoms with Crippen LogP contribution in [0.5, 0.6) is 0 Å². The van der Waals surface area contributed by atoms with Gasteiger partial charge in [0.1, 0.15) is 0 Å². The van der Waals surface area contributed by atoms with Crippen molar-refractivity contribution in [2.75, 3.05) is 10.6 Å². The molecule has 0 spiro atoms. The number of fused-ring (bicyclic) bond motifs is 1. The standard InChI is InChI=1S/C21H24N2O4S2/c1-12-6-5-7-17(14(12)3)22-20(24)10-13(2)29(26,27)16-8-9-19-18(11-16)23-21(25)15(4)28-19/h5-9,11,13,15H,10H2,1-4H3,(H,22,24)(H,23,25)/t13-,15-/m1/s1. The second kappa shape index (κ2) is 8.20. The Morgan fingerprint density at radius 3 is 2.69 bits per heavy atom. The fraction of sp³-hybridized carbons (Fsp3) is 0.333. The van der Waals surface area contributed by atoms with Crippen molar-refractivity contribution in [2.45, 2.75) is 54.4 Å². The first-order chi connectivity index (χ1) is 13.6. The average Bonchev–Trinajstić information content (AvgIpc) is 2.66. The van der Waals surface area contributed by atoms with Crippen LogP contribution in [-0.2, 0) is 19.4 Å². The third kappa shape index (κ3) is 4.48. The van der Waals surface area contributed by atoms with Gasteiger partial charge in [-0.1, -0.05) is 12.1 Å². The average molecular weight is 433 g/mol. The van der Waals surface area contributed by atoms with Crippen LogP contribution in [-0.4, -0.2) is 30.7 Å². The van der Waals surface area contributed by atoms with Gasteiger partial charge in [0.05, 0.1) is 21.1 Å². The number of amides is 2. The van der Waals surface area contributed by atoms with Gasteiger partial charge in [0, 0.05) is 17.0 Å². The number of nitrogens with one attached hydrogen (secondary N) is 2. The molecule has 2 aromatic rings. The smallest absolute Gasteiger partial charge is 0.237 e. The van der Waals surface area contributed by atoms with Crippen LogP contribution in [0.15, 0.2) is 46.2 Å². The van der Waals surface area contributed by atoms with Gasteiger partial charge in [-0.05, 0) is 63.1 Å². The highest BCUT2D eigenvalue weighted by Gasteiger charge is 2.29. The lowest BCUT2D eigenvalue weighted by molar-refractivity contribution is -0.116. The molecule has 1 aliphatic rings. The van der Waals surface area contributed by atoms with Gasteiger partial charge in [0.25, 0.3) is 0 Å². The molecule has 29 heavy (non-hydrogen) atoms. The van der Waals surface area contributed by atoms with Crippen molar-refractivity contribution in [3.8, 4) is 0 Å². The molecule has 154 valence electrons. The zero-order valence-electron chi connectivity index (χ0n) is 16.8. The van der Waals surface area contributed by atoms with Crippen molar-refractivity contribution in [1.82, 2.24) is 0 Å². The number of carbonyl (C=O) groups excluding carboxylic acids is 2. The number of aryl methyl sites for hydroxylation is 1. The van der Waals surface area contributed by atoms with Crippen LogP contribution in [0.25, 0.3) is 0 Å². The minimum atomic E-state index is -3.73. The maximum Gasteiger partial charge on any atom is 0.237 e. The quantitative estimate of drug-likeness (QED) is 0.747. The lowest BCUT2D eigenvalue weighted by Crippen LogP contribution is -2.27. The number of benzene rings is 2. The minimum absolute atomic E-state index is 0.0961. The summed E-state index contributed by atoms with van der Waals surface area (Å²) in [5.74, 6) is -0.511. The highest BCUT2D eigenvalue weighted by atomic mass is 32.2. The lowest BCUT2D eigenvalue weighted by atomic mass is 10.1. The van der Waals surface area contributed by atoms with E-state index in [-0.39, 0.29) is 28.4 Å². The predicted molar refractivity (Wildman–Crippen MR) is 116 cm³/mol. The van der Waals surface area contributed by atoms with E-state index < -0.39 is 15.1 Å². The van der Waals surface area contributed by atoms with E-state index in [1.54, 1.807) is 19.1 Å². The van der Waals surface area contributed by atoms with Crippen LogP contribution >= 0.6 is 11.8 Å². The number of hydrogen-bond acceptors (Lipinski definition) is 5. The largest absolute Gasteiger partial charge is 0.326 e. The Bertz CT molecular complexity index is 1080. The van der Waals surface area contributed by atoms with Gasteiger partial charge < -0.3 is 10.6 Å². The van der Waals surface area contributed by atoms with E-state index in [2.05, 4.69) is 10.6 Å². The van der Waals surface area contributed by atoms with E-state index >= 15 is 0 Å². The monoisotopic (exact) mass is 432 g/mol. The second-order valence-electron chi connectivity index (χ2n) is 7.26. The molecule has 0 radical (unpaired) electrons. The normalized spacial score (nSPS) is 17.2. The summed E-state index contributed by atoms with van der Waals surface area (Å²) in [5, 5.41) is 4.41. The molecule has 3 rings (SSSR count). The van der Waals surface area contributed by atoms with Gasteiger partial charge in [-0.3, -0.25) is 9.59 Å². The van der Waals surface area contributed by atoms with Crippen molar-refractivity contribution in [3.63, 3.8) is 0 Å². The molecule has 1 aliphatic heterocycles. The molecule has 0 saturated heterocycles. The molecule has 2 amide bonds. The maximum absolute atomic E-state index is 13.0. The first-order valence-corrected chi connectivity index (χ1v) is 11.7. The van der Waals surface area contributed by atoms with Crippen molar-refractivity contribution in [3.05, 3.63) is 47.5 Å². The molecule has 0 saturated carbocycles. The SMILES string of the molecule is Cc1cccc(NC(=O)C[C@@H](C)S(=O)(=O)c2ccc3c(c2)NC(=O)[C@@H](C)S3)c1C. The third-order valence-corrected chi connectivity index (χ3v) is 8.41. The van der Waals surface area contributed by atoms with E-state index in [9.17, 15) is 18.0 Å². The van der Waals surface area contributed by atoms with Crippen LogP contribution in [0.4, 0.5) is 11.4 Å². The van der Waals surface area contributed by atoms with Crippen molar-refractivity contribution in [2.24, 2.45) is 0 Å². The number of thioether (sulfide) groups is 1. The number of hydrogen-bond donors (Lipinski definition) is 2. The fourth-order valence-corrected chi connectivity index (χ4v) is 5.36. The highest BCUT2D eigenvalue weighted by molar-refractivity contribution is 8.01. The fourth-order valence-electron chi connectivity index (χ4n) is 3.06. The summed E-state index contributed by atoms with van der Waals surface area (Å²) in [6.45, 7) is 7.18. The molecule has 0 bridgehead atoms. The van der Waals surface area contributed by atoms with Gasteiger partial charge >= 0.3 is 0 Å². The molecular weight excluding hydrogens is 408 g/mol. The summed E-state index contributed by atoms with van der Waals surface area (Å²) < 4.78 is 25.9. The molecule has 0 fully saturated rings. The van der Waals surface area contributed by atoms with Gasteiger partial charge in [0.2, 0.25) is 11.8 Å². The molecule has 2 aromatic carbocycles. The lowest BCUT2D eigenvalue weighted by Gasteiger charge is -2.22. The molecule has 2 N–H and O–H groups in total. The number of carbonyl (C=O) groups is 2. The van der Waals surface area contributed by atoms with Crippen LogP contribution in [0.1, 0.15) is 31.4 Å². The second-order valence-corrected chi connectivity index (χ2v) is 11.0. The van der Waals surface area contributed by atoms with Gasteiger partial charge in [-0.25, -0.2) is 8.42 Å². The highest BCUT2D eigenvalue weighted by Crippen LogP contribution is 2.37. The Labute approximate surface area is 175 Å². The molecular formula is C21H24N2O4S2. The van der Waals surface area contributed by atoms with E-state index in [0.717, 1.165) is 16.0 Å². The van der Waals surface area contributed by atoms with E-state index in [0.29, 0.717) is 11.4 Å². The first kappa shape index (κ1) is 21.4. The first-order valence-electron chi connectivity index (χ1n) is 9.31. The van der Waals surface area contributed by atoms with Gasteiger partial charge in [-0.2, -0.15) is 0 Å². The van der Waals surface area contributed by atoms with E-state index in [1.165, 1.54) is 30.8 Å². The summed E-state index contributed by atoms with van der Waals surface area (Å²) in [4.78, 5) is 25.3. The topological polar surface area (TPSA) is 92.3 Å². The van der Waals surface area contributed by atoms with Crippen LogP contribution in [0, 0.1) is 13.8 Å². The Morgan fingerprint density at radius 1 is 1.24 bits per heavy atom. The molecule has 1 heterocycles. The minimum Gasteiger partial charge on any atom is -0.326 e. The van der Waals surface area contributed by atoms with Crippen LogP contribution in [0.2, 0.25) is 0 Å². The summed E-state index contributed by atoms with van der Waals surface area (Å²) in [7, 11) is -3.73. The molecule has 0 unspecified atom stereocenters. The Kier molecular flexibility index (Phi) is 6.05. The molecule has 6 nitrogen and oxygen atoms in total. The van der Waals surface area contributed by atoms with Crippen LogP contribution < -0.4 is 10.6 Å². The van der Waals surface area contributed by atoms with Crippen molar-refractivity contribution < 1.29 is 18.0 Å². The van der Waals surface area contributed by atoms with E-state index in [4.69, 9.17) is 0 Å². The Hall–Kier alpha value is -2.32. The predicted octanol–water partition coefficient (Wildman–Crippen LogP) is 3.93. The third-order valence-electron chi connectivity index (χ3n) is 5.09. The van der Waals surface area contributed by atoms with Gasteiger partial charge in [-0.15, -0.1) is 11.8 Å². The molecule has 0 aliphatic carbocycles. The summed E-state index contributed by atoms with van der Waals surface area (Å²) in [6, 6.07) is 10.3. The van der Waals surface area contributed by atoms with Gasteiger partial charge in [0.15, 0.2) is 9.84 Å². The summed E-state index contributed by atoms with van der Waals surface area (Å²) in [5.41, 5.74) is 3.17. The number of anilines is 2. The zero-order chi connectivity index (χ0) is 21.3. The Balaban J connectivity index is 1.75. The number of rotatable bonds is 5. The molecule has 0 aromatic heterocycles. The maximum atomic E-state index is 13.0. The molecule has 8 heteroatoms.